The van der Waals surface area contributed by atoms with Gasteiger partial charge in [0.15, 0.2) is 5.82 Å². The number of halogens is 1. The lowest BCUT2D eigenvalue weighted by Crippen LogP contribution is -2.29. The normalized spacial score (nSPS) is 10.4. The number of aromatic nitrogens is 2. The molecule has 0 bridgehead atoms. The summed E-state index contributed by atoms with van der Waals surface area (Å²) in [4.78, 5) is 22.3. The first-order valence-electron chi connectivity index (χ1n) is 8.74. The van der Waals surface area contributed by atoms with E-state index in [4.69, 9.17) is 4.74 Å². The number of carbonyl (C=O) groups is 1. The number of nitrogens with one attached hydrogen (secondary N) is 1. The predicted octanol–water partition coefficient (Wildman–Crippen LogP) is 4.23. The zero-order valence-corrected chi connectivity index (χ0v) is 15.9. The molecule has 0 aliphatic carbocycles. The first-order chi connectivity index (χ1) is 13.5. The molecular formula is C21H21FN4O2. The molecule has 0 unspecified atom stereocenters. The van der Waals surface area contributed by atoms with Crippen LogP contribution < -0.4 is 15.0 Å². The van der Waals surface area contributed by atoms with Crippen LogP contribution in [0.2, 0.25) is 0 Å². The van der Waals surface area contributed by atoms with Crippen molar-refractivity contribution in [2.75, 3.05) is 17.3 Å². The summed E-state index contributed by atoms with van der Waals surface area (Å²) in [5.74, 6) is 0.0310. The van der Waals surface area contributed by atoms with Crippen molar-refractivity contribution < 1.29 is 13.9 Å². The van der Waals surface area contributed by atoms with Gasteiger partial charge in [0.05, 0.1) is 19.3 Å². The molecule has 3 aromatic rings. The highest BCUT2D eigenvalue weighted by Gasteiger charge is 2.18. The predicted molar refractivity (Wildman–Crippen MR) is 106 cm³/mol. The van der Waals surface area contributed by atoms with Crippen molar-refractivity contribution in [3.8, 4) is 5.75 Å². The number of amides is 1. The number of benzene rings is 2. The van der Waals surface area contributed by atoms with Gasteiger partial charge in [-0.15, -0.1) is 0 Å². The Morgan fingerprint density at radius 1 is 1.21 bits per heavy atom. The number of carbonyl (C=O) groups excluding carboxylic acids is 1. The summed E-state index contributed by atoms with van der Waals surface area (Å²) >= 11 is 0. The van der Waals surface area contributed by atoms with E-state index in [1.165, 1.54) is 31.1 Å². The highest BCUT2D eigenvalue weighted by Crippen LogP contribution is 2.26. The second-order valence-corrected chi connectivity index (χ2v) is 6.22. The second-order valence-electron chi connectivity index (χ2n) is 6.22. The zero-order chi connectivity index (χ0) is 20.1. The van der Waals surface area contributed by atoms with E-state index in [0.717, 1.165) is 11.3 Å². The Morgan fingerprint density at radius 2 is 1.96 bits per heavy atom. The first kappa shape index (κ1) is 19.3. The van der Waals surface area contributed by atoms with Crippen LogP contribution in [0.1, 0.15) is 18.2 Å². The lowest BCUT2D eigenvalue weighted by Gasteiger charge is -2.23. The maximum atomic E-state index is 14.4. The van der Waals surface area contributed by atoms with Gasteiger partial charge in [-0.1, -0.05) is 18.2 Å². The molecule has 3 rings (SSSR count). The molecule has 7 heteroatoms. The molecule has 0 atom stereocenters. The number of aryl methyl sites for hydroxylation is 1. The minimum Gasteiger partial charge on any atom is -0.497 e. The Balaban J connectivity index is 1.83. The van der Waals surface area contributed by atoms with Gasteiger partial charge in [0.2, 0.25) is 11.9 Å². The summed E-state index contributed by atoms with van der Waals surface area (Å²) < 4.78 is 19.5. The fraction of sp³-hybridized carbons (Fsp3) is 0.190. The number of methoxy groups -OCH3 is 1. The van der Waals surface area contributed by atoms with Gasteiger partial charge in [-0.05, 0) is 31.2 Å². The van der Waals surface area contributed by atoms with E-state index < -0.39 is 5.82 Å². The zero-order valence-electron chi connectivity index (χ0n) is 15.9. The number of rotatable bonds is 6. The monoisotopic (exact) mass is 380 g/mol. The van der Waals surface area contributed by atoms with Gasteiger partial charge in [-0.25, -0.2) is 14.4 Å². The molecule has 6 nitrogen and oxygen atoms in total. The first-order valence-corrected chi connectivity index (χ1v) is 8.74. The van der Waals surface area contributed by atoms with E-state index >= 15 is 0 Å². The molecule has 0 saturated carbocycles. The van der Waals surface area contributed by atoms with Crippen LogP contribution >= 0.6 is 0 Å². The Hall–Kier alpha value is -3.48. The Bertz CT molecular complexity index is 979. The van der Waals surface area contributed by atoms with Crippen LogP contribution in [0.5, 0.6) is 5.75 Å². The molecule has 0 spiro atoms. The van der Waals surface area contributed by atoms with Crippen LogP contribution in [0, 0.1) is 12.7 Å². The molecule has 0 aliphatic heterocycles. The molecule has 1 amide bonds. The van der Waals surface area contributed by atoms with Gasteiger partial charge in [0, 0.05) is 36.1 Å². The summed E-state index contributed by atoms with van der Waals surface area (Å²) in [5.41, 5.74) is 2.48. The second kappa shape index (κ2) is 8.47. The number of para-hydroxylation sites is 1. The van der Waals surface area contributed by atoms with Gasteiger partial charge >= 0.3 is 0 Å². The van der Waals surface area contributed by atoms with E-state index in [9.17, 15) is 9.18 Å². The van der Waals surface area contributed by atoms with Crippen molar-refractivity contribution in [2.24, 2.45) is 0 Å². The number of ether oxygens (including phenoxy) is 1. The van der Waals surface area contributed by atoms with Crippen LogP contribution in [0.25, 0.3) is 0 Å². The molecule has 1 heterocycles. The van der Waals surface area contributed by atoms with Crippen LogP contribution in [-0.2, 0) is 11.3 Å². The third-order valence-corrected chi connectivity index (χ3v) is 4.27. The Kier molecular flexibility index (Phi) is 5.84. The average molecular weight is 380 g/mol. The molecule has 0 aliphatic rings. The molecule has 2 aromatic carbocycles. The van der Waals surface area contributed by atoms with Crippen molar-refractivity contribution in [2.45, 2.75) is 20.4 Å². The van der Waals surface area contributed by atoms with Crippen LogP contribution in [0.4, 0.5) is 21.7 Å². The van der Waals surface area contributed by atoms with Gasteiger partial charge in [0.1, 0.15) is 5.75 Å². The van der Waals surface area contributed by atoms with Crippen LogP contribution in [0.15, 0.2) is 54.7 Å². The molecule has 28 heavy (non-hydrogen) atoms. The number of anilines is 3. The number of hydrogen-bond acceptors (Lipinski definition) is 5. The maximum absolute atomic E-state index is 14.4. The summed E-state index contributed by atoms with van der Waals surface area (Å²) in [6.45, 7) is 3.39. The molecule has 1 aromatic heterocycles. The maximum Gasteiger partial charge on any atom is 0.227 e. The average Bonchev–Trinajstić information content (AvgIpc) is 2.68. The Morgan fingerprint density at radius 3 is 2.57 bits per heavy atom. The Labute approximate surface area is 163 Å². The third-order valence-electron chi connectivity index (χ3n) is 4.27. The lowest BCUT2D eigenvalue weighted by molar-refractivity contribution is -0.116. The molecule has 0 fully saturated rings. The summed E-state index contributed by atoms with van der Waals surface area (Å²) in [7, 11) is 1.46. The molecule has 0 radical (unpaired) electrons. The van der Waals surface area contributed by atoms with Crippen LogP contribution in [-0.4, -0.2) is 23.0 Å². The summed E-state index contributed by atoms with van der Waals surface area (Å²) in [6, 6.07) is 14.0. The van der Waals surface area contributed by atoms with Gasteiger partial charge in [-0.2, -0.15) is 0 Å². The van der Waals surface area contributed by atoms with E-state index in [2.05, 4.69) is 15.3 Å². The fourth-order valence-electron chi connectivity index (χ4n) is 2.73. The van der Waals surface area contributed by atoms with E-state index in [1.54, 1.807) is 12.3 Å². The minimum atomic E-state index is -0.532. The van der Waals surface area contributed by atoms with Crippen molar-refractivity contribution >= 4 is 23.2 Å². The van der Waals surface area contributed by atoms with Crippen molar-refractivity contribution in [3.05, 3.63) is 71.8 Å². The summed E-state index contributed by atoms with van der Waals surface area (Å²) in [5, 5.41) is 3.12. The van der Waals surface area contributed by atoms with Gasteiger partial charge in [-0.3, -0.25) is 4.79 Å². The number of hydrogen-bond donors (Lipinski definition) is 1. The standard InChI is InChI=1S/C21H21FN4O2/c1-14-16(12-23-21(24-14)25-17-7-5-4-6-8-17)13-26(15(2)27)20-10-9-18(28-3)11-19(20)22/h4-12H,13H2,1-3H3,(H,23,24,25). The smallest absolute Gasteiger partial charge is 0.227 e. The minimum absolute atomic E-state index is 0.163. The van der Waals surface area contributed by atoms with Gasteiger partial charge in [0.25, 0.3) is 0 Å². The van der Waals surface area contributed by atoms with Crippen molar-refractivity contribution in [1.29, 1.82) is 0 Å². The molecule has 0 saturated heterocycles. The largest absolute Gasteiger partial charge is 0.497 e. The topological polar surface area (TPSA) is 67.3 Å². The SMILES string of the molecule is COc1ccc(N(Cc2cnc(Nc3ccccc3)nc2C)C(C)=O)c(F)c1. The van der Waals surface area contributed by atoms with Crippen molar-refractivity contribution in [1.82, 2.24) is 9.97 Å². The van der Waals surface area contributed by atoms with E-state index in [1.807, 2.05) is 37.3 Å². The van der Waals surface area contributed by atoms with Crippen molar-refractivity contribution in [3.63, 3.8) is 0 Å². The van der Waals surface area contributed by atoms with Crippen LogP contribution in [0.3, 0.4) is 0 Å². The number of nitrogens with zero attached hydrogens (tertiary/aromatic N) is 3. The van der Waals surface area contributed by atoms with Gasteiger partial charge < -0.3 is 15.0 Å². The van der Waals surface area contributed by atoms with E-state index in [-0.39, 0.29) is 18.1 Å². The third kappa shape index (κ3) is 4.43. The fourth-order valence-corrected chi connectivity index (χ4v) is 2.73. The molecule has 144 valence electrons. The lowest BCUT2D eigenvalue weighted by atomic mass is 10.2. The highest BCUT2D eigenvalue weighted by atomic mass is 19.1. The quantitative estimate of drug-likeness (QED) is 0.693. The van der Waals surface area contributed by atoms with E-state index in [0.29, 0.717) is 17.4 Å². The molecule has 1 N–H and O–H groups in total. The summed E-state index contributed by atoms with van der Waals surface area (Å²) in [6.07, 6.45) is 1.64. The highest BCUT2D eigenvalue weighted by molar-refractivity contribution is 5.91. The molecular weight excluding hydrogens is 359 g/mol.